The molecule has 2 rings (SSSR count). The predicted molar refractivity (Wildman–Crippen MR) is 71.9 cm³/mol. The van der Waals surface area contributed by atoms with E-state index >= 15 is 0 Å². The summed E-state index contributed by atoms with van der Waals surface area (Å²) in [4.78, 5) is 0. The summed E-state index contributed by atoms with van der Waals surface area (Å²) in [6, 6.07) is 3.07. The van der Waals surface area contributed by atoms with Crippen LogP contribution in [0.1, 0.15) is 19.6 Å². The molecule has 102 valence electrons. The van der Waals surface area contributed by atoms with Crippen molar-refractivity contribution in [3.8, 4) is 0 Å². The van der Waals surface area contributed by atoms with Crippen LogP contribution in [-0.4, -0.2) is 36.3 Å². The van der Waals surface area contributed by atoms with Crippen molar-refractivity contribution in [1.29, 1.82) is 0 Å². The summed E-state index contributed by atoms with van der Waals surface area (Å²) in [7, 11) is -3.54. The lowest BCUT2D eigenvalue weighted by Gasteiger charge is -2.35. The smallest absolute Gasteiger partial charge is 0.276 e. The van der Waals surface area contributed by atoms with Crippen molar-refractivity contribution in [3.05, 3.63) is 17.9 Å². The summed E-state index contributed by atoms with van der Waals surface area (Å²) >= 11 is 1.79. The topological polar surface area (TPSA) is 76.5 Å². The molecule has 5 nitrogen and oxygen atoms in total. The quantitative estimate of drug-likeness (QED) is 0.906. The molecule has 1 aliphatic heterocycles. The fraction of sp³-hybridized carbons (Fsp3) is 0.636. The number of sulfonamides is 1. The Kier molecular flexibility index (Phi) is 4.05. The Morgan fingerprint density at radius 1 is 1.50 bits per heavy atom. The molecule has 18 heavy (non-hydrogen) atoms. The second-order valence-corrected chi connectivity index (χ2v) is 7.66. The molecule has 2 N–H and O–H groups in total. The minimum Gasteiger partial charge on any atom is -0.447 e. The lowest BCUT2D eigenvalue weighted by Crippen LogP contribution is -2.47. The number of nitrogens with zero attached hydrogens (tertiary/aromatic N) is 1. The minimum absolute atomic E-state index is 0.00565. The highest BCUT2D eigenvalue weighted by Gasteiger charge is 2.36. The van der Waals surface area contributed by atoms with Gasteiger partial charge in [-0.15, -0.1) is 0 Å². The number of hydrogen-bond donors (Lipinski definition) is 1. The Balaban J connectivity index is 2.30. The third kappa shape index (κ3) is 2.45. The zero-order valence-corrected chi connectivity index (χ0v) is 12.1. The summed E-state index contributed by atoms with van der Waals surface area (Å²) in [5, 5.41) is 0.284. The first kappa shape index (κ1) is 13.9. The molecule has 0 radical (unpaired) electrons. The molecule has 1 saturated heterocycles. The number of thioether (sulfide) groups is 1. The summed E-state index contributed by atoms with van der Waals surface area (Å²) in [6.45, 7) is 4.71. The maximum absolute atomic E-state index is 12.5. The first-order valence-corrected chi connectivity index (χ1v) is 8.38. The predicted octanol–water partition coefficient (Wildman–Crippen LogP) is 1.25. The van der Waals surface area contributed by atoms with Crippen LogP contribution in [0, 0.1) is 0 Å². The zero-order chi connectivity index (χ0) is 13.3. The second kappa shape index (κ2) is 5.24. The highest BCUT2D eigenvalue weighted by atomic mass is 32.2. The second-order valence-electron chi connectivity index (χ2n) is 4.36. The SMILES string of the molecule is CC1SCCN(S(=O)(=O)c2ccc(CN)o2)C1C. The normalized spacial score (nSPS) is 26.4. The molecule has 0 aromatic carbocycles. The van der Waals surface area contributed by atoms with Gasteiger partial charge in [0.05, 0.1) is 6.54 Å². The first-order valence-electron chi connectivity index (χ1n) is 5.89. The first-order chi connectivity index (χ1) is 8.46. The minimum atomic E-state index is -3.54. The van der Waals surface area contributed by atoms with E-state index < -0.39 is 10.0 Å². The highest BCUT2D eigenvalue weighted by Crippen LogP contribution is 2.29. The van der Waals surface area contributed by atoms with E-state index in [1.165, 1.54) is 10.4 Å². The highest BCUT2D eigenvalue weighted by molar-refractivity contribution is 8.00. The standard InChI is InChI=1S/C11H18N2O3S2/c1-8-9(2)17-6-5-13(8)18(14,15)11-4-3-10(7-12)16-11/h3-4,8-9H,5-7,12H2,1-2H3. The Morgan fingerprint density at radius 2 is 2.22 bits per heavy atom. The molecular formula is C11H18N2O3S2. The number of furan rings is 1. The Labute approximate surface area is 112 Å². The third-order valence-electron chi connectivity index (χ3n) is 3.23. The van der Waals surface area contributed by atoms with Crippen molar-refractivity contribution in [3.63, 3.8) is 0 Å². The molecule has 1 fully saturated rings. The van der Waals surface area contributed by atoms with Gasteiger partial charge < -0.3 is 10.2 Å². The number of hydrogen-bond acceptors (Lipinski definition) is 5. The van der Waals surface area contributed by atoms with Crippen LogP contribution >= 0.6 is 11.8 Å². The Hall–Kier alpha value is -0.500. The van der Waals surface area contributed by atoms with Crippen molar-refractivity contribution in [2.75, 3.05) is 12.3 Å². The van der Waals surface area contributed by atoms with Crippen molar-refractivity contribution >= 4 is 21.8 Å². The molecule has 1 aliphatic rings. The van der Waals surface area contributed by atoms with Crippen LogP contribution in [0.2, 0.25) is 0 Å². The molecule has 1 aromatic heterocycles. The molecule has 0 spiro atoms. The molecule has 0 aliphatic carbocycles. The van der Waals surface area contributed by atoms with Crippen molar-refractivity contribution in [2.45, 2.75) is 36.8 Å². The van der Waals surface area contributed by atoms with Crippen LogP contribution in [0.3, 0.4) is 0 Å². The van der Waals surface area contributed by atoms with Crippen LogP contribution in [0.15, 0.2) is 21.6 Å². The van der Waals surface area contributed by atoms with Crippen molar-refractivity contribution < 1.29 is 12.8 Å². The summed E-state index contributed by atoms with van der Waals surface area (Å²) < 4.78 is 31.7. The summed E-state index contributed by atoms with van der Waals surface area (Å²) in [6.07, 6.45) is 0. The van der Waals surface area contributed by atoms with Crippen LogP contribution in [-0.2, 0) is 16.6 Å². The van der Waals surface area contributed by atoms with Gasteiger partial charge in [-0.1, -0.05) is 6.92 Å². The molecule has 0 saturated carbocycles. The van der Waals surface area contributed by atoms with Gasteiger partial charge in [0.1, 0.15) is 5.76 Å². The van der Waals surface area contributed by atoms with Crippen LogP contribution in [0.5, 0.6) is 0 Å². The van der Waals surface area contributed by atoms with Gasteiger partial charge in [-0.05, 0) is 19.1 Å². The van der Waals surface area contributed by atoms with E-state index in [2.05, 4.69) is 0 Å². The van der Waals surface area contributed by atoms with E-state index in [-0.39, 0.29) is 22.9 Å². The molecule has 0 amide bonds. The molecule has 2 heterocycles. The molecular weight excluding hydrogens is 272 g/mol. The average Bonchev–Trinajstić information content (AvgIpc) is 2.81. The van der Waals surface area contributed by atoms with Gasteiger partial charge in [-0.25, -0.2) is 8.42 Å². The van der Waals surface area contributed by atoms with E-state index in [0.29, 0.717) is 12.3 Å². The van der Waals surface area contributed by atoms with Gasteiger partial charge in [0.15, 0.2) is 0 Å². The van der Waals surface area contributed by atoms with Crippen LogP contribution in [0.25, 0.3) is 0 Å². The van der Waals surface area contributed by atoms with Crippen LogP contribution in [0.4, 0.5) is 0 Å². The summed E-state index contributed by atoms with van der Waals surface area (Å²) in [5.41, 5.74) is 5.43. The van der Waals surface area contributed by atoms with E-state index in [1.54, 1.807) is 17.8 Å². The van der Waals surface area contributed by atoms with E-state index in [9.17, 15) is 8.42 Å². The molecule has 7 heteroatoms. The number of nitrogens with two attached hydrogens (primary N) is 1. The van der Waals surface area contributed by atoms with Gasteiger partial charge in [0.2, 0.25) is 5.09 Å². The zero-order valence-electron chi connectivity index (χ0n) is 10.5. The Morgan fingerprint density at radius 3 is 2.83 bits per heavy atom. The third-order valence-corrected chi connectivity index (χ3v) is 6.43. The van der Waals surface area contributed by atoms with Gasteiger partial charge in [-0.2, -0.15) is 16.1 Å². The van der Waals surface area contributed by atoms with Crippen molar-refractivity contribution in [2.24, 2.45) is 5.73 Å². The average molecular weight is 290 g/mol. The van der Waals surface area contributed by atoms with Gasteiger partial charge in [-0.3, -0.25) is 0 Å². The van der Waals surface area contributed by atoms with Gasteiger partial charge in [0, 0.05) is 23.6 Å². The molecule has 2 atom stereocenters. The molecule has 1 aromatic rings. The van der Waals surface area contributed by atoms with Crippen LogP contribution < -0.4 is 5.73 Å². The largest absolute Gasteiger partial charge is 0.447 e. The summed E-state index contributed by atoms with van der Waals surface area (Å²) in [5.74, 6) is 1.30. The Bertz CT molecular complexity index is 512. The van der Waals surface area contributed by atoms with Gasteiger partial charge >= 0.3 is 0 Å². The monoisotopic (exact) mass is 290 g/mol. The fourth-order valence-electron chi connectivity index (χ4n) is 1.97. The lowest BCUT2D eigenvalue weighted by molar-refractivity contribution is 0.321. The fourth-order valence-corrected chi connectivity index (χ4v) is 4.89. The van der Waals surface area contributed by atoms with Crippen molar-refractivity contribution in [1.82, 2.24) is 4.31 Å². The maximum Gasteiger partial charge on any atom is 0.276 e. The maximum atomic E-state index is 12.5. The molecule has 2 unspecified atom stereocenters. The number of rotatable bonds is 3. The molecule has 0 bridgehead atoms. The lowest BCUT2D eigenvalue weighted by atomic mass is 10.2. The van der Waals surface area contributed by atoms with Gasteiger partial charge in [0.25, 0.3) is 10.0 Å². The van der Waals surface area contributed by atoms with E-state index in [1.807, 2.05) is 13.8 Å². The van der Waals surface area contributed by atoms with E-state index in [0.717, 1.165) is 5.75 Å². The van der Waals surface area contributed by atoms with E-state index in [4.69, 9.17) is 10.2 Å².